The van der Waals surface area contributed by atoms with Crippen molar-refractivity contribution in [3.63, 3.8) is 0 Å². The molecule has 1 atom stereocenters. The highest BCUT2D eigenvalue weighted by atomic mass is 35.5. The summed E-state index contributed by atoms with van der Waals surface area (Å²) >= 11 is 0. The molecule has 1 unspecified atom stereocenters. The van der Waals surface area contributed by atoms with Crippen molar-refractivity contribution in [1.82, 2.24) is 20.4 Å². The van der Waals surface area contributed by atoms with Gasteiger partial charge in [0.1, 0.15) is 0 Å². The normalized spacial score (nSPS) is 24.0. The molecule has 0 aromatic heterocycles. The van der Waals surface area contributed by atoms with E-state index in [0.29, 0.717) is 13.1 Å². The number of benzene rings is 1. The van der Waals surface area contributed by atoms with Crippen LogP contribution in [-0.4, -0.2) is 74.2 Å². The van der Waals surface area contributed by atoms with Gasteiger partial charge in [0.25, 0.3) is 0 Å². The van der Waals surface area contributed by atoms with E-state index in [4.69, 9.17) is 0 Å². The van der Waals surface area contributed by atoms with Gasteiger partial charge in [0, 0.05) is 52.4 Å². The molecule has 2 heterocycles. The van der Waals surface area contributed by atoms with Crippen molar-refractivity contribution >= 4 is 18.3 Å². The molecule has 1 aromatic rings. The van der Waals surface area contributed by atoms with Crippen LogP contribution in [0, 0.1) is 5.41 Å². The second-order valence-electron chi connectivity index (χ2n) is 7.37. The minimum atomic E-state index is -4.56. The Labute approximate surface area is 170 Å². The summed E-state index contributed by atoms with van der Waals surface area (Å²) in [6, 6.07) is 9.39. The number of carbonyl (C=O) groups excluding carboxylic acids is 1. The first-order valence-electron chi connectivity index (χ1n) is 9.45. The predicted molar refractivity (Wildman–Crippen MR) is 104 cm³/mol. The Bertz CT molecular complexity index is 625. The first kappa shape index (κ1) is 22.9. The number of halogens is 4. The molecule has 158 valence electrons. The van der Waals surface area contributed by atoms with Gasteiger partial charge in [0.05, 0.1) is 0 Å². The lowest BCUT2D eigenvalue weighted by molar-refractivity contribution is -0.218. The maximum absolute atomic E-state index is 13.9. The molecule has 3 rings (SSSR count). The van der Waals surface area contributed by atoms with Crippen LogP contribution in [0.5, 0.6) is 0 Å². The lowest BCUT2D eigenvalue weighted by atomic mass is 9.85. The highest BCUT2D eigenvalue weighted by Gasteiger charge is 2.62. The molecule has 0 spiro atoms. The smallest absolute Gasteiger partial charge is 0.354 e. The molecule has 1 aromatic carbocycles. The average molecular weight is 421 g/mol. The fourth-order valence-corrected chi connectivity index (χ4v) is 3.84. The van der Waals surface area contributed by atoms with Crippen molar-refractivity contribution in [3.05, 3.63) is 35.9 Å². The molecule has 0 radical (unpaired) electrons. The quantitative estimate of drug-likeness (QED) is 0.737. The molecule has 1 amide bonds. The van der Waals surface area contributed by atoms with Gasteiger partial charge in [-0.25, -0.2) is 0 Å². The monoisotopic (exact) mass is 420 g/mol. The zero-order valence-corrected chi connectivity index (χ0v) is 16.6. The largest absolute Gasteiger partial charge is 0.404 e. The minimum absolute atomic E-state index is 0. The summed E-state index contributed by atoms with van der Waals surface area (Å²) in [6.45, 7) is 4.67. The molecule has 2 N–H and O–H groups in total. The van der Waals surface area contributed by atoms with Crippen LogP contribution < -0.4 is 10.6 Å². The van der Waals surface area contributed by atoms with Gasteiger partial charge in [-0.1, -0.05) is 30.3 Å². The van der Waals surface area contributed by atoms with Crippen molar-refractivity contribution in [2.24, 2.45) is 5.41 Å². The van der Waals surface area contributed by atoms with Crippen LogP contribution in [0.25, 0.3) is 0 Å². The maximum Gasteiger partial charge on any atom is 0.404 e. The zero-order valence-electron chi connectivity index (χ0n) is 15.8. The maximum atomic E-state index is 13.9. The second-order valence-corrected chi connectivity index (χ2v) is 7.37. The molecule has 0 saturated carbocycles. The summed E-state index contributed by atoms with van der Waals surface area (Å²) in [5.41, 5.74) is -1.36. The van der Waals surface area contributed by atoms with Crippen LogP contribution in [0.15, 0.2) is 30.3 Å². The summed E-state index contributed by atoms with van der Waals surface area (Å²) in [5, 5.41) is 5.78. The Kier molecular flexibility index (Phi) is 8.12. The van der Waals surface area contributed by atoms with Gasteiger partial charge in [0.2, 0.25) is 5.91 Å². The summed E-state index contributed by atoms with van der Waals surface area (Å²) in [7, 11) is 0. The van der Waals surface area contributed by atoms with Crippen molar-refractivity contribution < 1.29 is 18.0 Å². The highest BCUT2D eigenvalue weighted by molar-refractivity contribution is 5.85. The van der Waals surface area contributed by atoms with Crippen LogP contribution in [0.4, 0.5) is 13.2 Å². The van der Waals surface area contributed by atoms with Gasteiger partial charge in [-0.3, -0.25) is 14.6 Å². The van der Waals surface area contributed by atoms with E-state index in [-0.39, 0.29) is 38.5 Å². The van der Waals surface area contributed by atoms with E-state index < -0.39 is 17.5 Å². The molecule has 2 saturated heterocycles. The fourth-order valence-electron chi connectivity index (χ4n) is 3.84. The number of piperazine rings is 1. The SMILES string of the molecule is Cl.O=C(NCCN1CCNCC1)C1(C(F)(F)F)CCN(Cc2ccccc2)C1. The van der Waals surface area contributed by atoms with Crippen LogP contribution in [0.3, 0.4) is 0 Å². The van der Waals surface area contributed by atoms with E-state index in [2.05, 4.69) is 15.5 Å². The molecule has 5 nitrogen and oxygen atoms in total. The topological polar surface area (TPSA) is 47.6 Å². The van der Waals surface area contributed by atoms with Gasteiger partial charge in [-0.05, 0) is 18.5 Å². The Morgan fingerprint density at radius 2 is 1.79 bits per heavy atom. The first-order chi connectivity index (χ1) is 12.9. The summed E-state index contributed by atoms with van der Waals surface area (Å²) in [5.74, 6) is -0.888. The molecule has 9 heteroatoms. The van der Waals surface area contributed by atoms with Crippen LogP contribution in [0.1, 0.15) is 12.0 Å². The summed E-state index contributed by atoms with van der Waals surface area (Å²) < 4.78 is 41.6. The Balaban J connectivity index is 0.00000280. The third-order valence-corrected chi connectivity index (χ3v) is 5.50. The molecule has 0 bridgehead atoms. The van der Waals surface area contributed by atoms with E-state index in [9.17, 15) is 18.0 Å². The Morgan fingerprint density at radius 3 is 2.43 bits per heavy atom. The minimum Gasteiger partial charge on any atom is -0.354 e. The van der Waals surface area contributed by atoms with Crippen molar-refractivity contribution in [2.45, 2.75) is 19.1 Å². The van der Waals surface area contributed by atoms with Gasteiger partial charge in [-0.2, -0.15) is 13.2 Å². The molecule has 2 fully saturated rings. The zero-order chi connectivity index (χ0) is 19.3. The number of nitrogens with zero attached hydrogens (tertiary/aromatic N) is 2. The molecule has 28 heavy (non-hydrogen) atoms. The van der Waals surface area contributed by atoms with E-state index in [1.807, 2.05) is 30.3 Å². The van der Waals surface area contributed by atoms with E-state index in [1.165, 1.54) is 0 Å². The number of hydrogen-bond donors (Lipinski definition) is 2. The lowest BCUT2D eigenvalue weighted by Crippen LogP contribution is -2.54. The van der Waals surface area contributed by atoms with Crippen molar-refractivity contribution in [1.29, 1.82) is 0 Å². The molecule has 2 aliphatic rings. The van der Waals surface area contributed by atoms with Gasteiger partial charge in [-0.15, -0.1) is 12.4 Å². The fraction of sp³-hybridized carbons (Fsp3) is 0.632. The van der Waals surface area contributed by atoms with E-state index >= 15 is 0 Å². The summed E-state index contributed by atoms with van der Waals surface area (Å²) in [4.78, 5) is 16.4. The molecule has 2 aliphatic heterocycles. The van der Waals surface area contributed by atoms with Gasteiger partial charge in [0.15, 0.2) is 5.41 Å². The molecular weight excluding hydrogens is 393 g/mol. The lowest BCUT2D eigenvalue weighted by Gasteiger charge is -2.31. The predicted octanol–water partition coefficient (Wildman–Crippen LogP) is 1.88. The highest BCUT2D eigenvalue weighted by Crippen LogP contribution is 2.46. The number of amides is 1. The van der Waals surface area contributed by atoms with E-state index in [0.717, 1.165) is 31.7 Å². The number of carbonyl (C=O) groups is 1. The third kappa shape index (κ3) is 5.37. The molecule has 0 aliphatic carbocycles. The van der Waals surface area contributed by atoms with Gasteiger partial charge < -0.3 is 10.6 Å². The number of nitrogens with one attached hydrogen (secondary N) is 2. The Morgan fingerprint density at radius 1 is 1.11 bits per heavy atom. The van der Waals surface area contributed by atoms with Crippen LogP contribution >= 0.6 is 12.4 Å². The van der Waals surface area contributed by atoms with Crippen molar-refractivity contribution in [3.8, 4) is 0 Å². The van der Waals surface area contributed by atoms with Crippen LogP contribution in [-0.2, 0) is 11.3 Å². The number of likely N-dealkylation sites (tertiary alicyclic amines) is 1. The second kappa shape index (κ2) is 9.91. The van der Waals surface area contributed by atoms with Crippen LogP contribution in [0.2, 0.25) is 0 Å². The average Bonchev–Trinajstić information content (AvgIpc) is 3.09. The standard InChI is InChI=1S/C19H27F3N4O.ClH/c20-19(21,22)18(17(27)24-9-13-25-11-7-23-8-12-25)6-10-26(15-18)14-16-4-2-1-3-5-16;/h1-5,23H,6-15H2,(H,24,27);1H. The van der Waals surface area contributed by atoms with Crippen molar-refractivity contribution in [2.75, 3.05) is 52.4 Å². The number of alkyl halides is 3. The number of rotatable bonds is 6. The molecular formula is C19H28ClF3N4O. The van der Waals surface area contributed by atoms with E-state index in [1.54, 1.807) is 4.90 Å². The third-order valence-electron chi connectivity index (χ3n) is 5.50. The summed E-state index contributed by atoms with van der Waals surface area (Å²) in [6.07, 6.45) is -4.75. The number of hydrogen-bond acceptors (Lipinski definition) is 4. The first-order valence-corrected chi connectivity index (χ1v) is 9.45. The van der Waals surface area contributed by atoms with Gasteiger partial charge >= 0.3 is 6.18 Å². The Hall–Kier alpha value is -1.35.